The van der Waals surface area contributed by atoms with Gasteiger partial charge in [0.15, 0.2) is 0 Å². The number of hydrogen-bond donors (Lipinski definition) is 3. The number of esters is 1. The molecule has 44 heavy (non-hydrogen) atoms. The molecule has 2 aliphatic rings. The van der Waals surface area contributed by atoms with Crippen molar-refractivity contribution in [1.29, 1.82) is 0 Å². The van der Waals surface area contributed by atoms with E-state index in [0.29, 0.717) is 18.1 Å². The summed E-state index contributed by atoms with van der Waals surface area (Å²) in [6.45, 7) is 8.53. The molecule has 3 N–H and O–H groups in total. The van der Waals surface area contributed by atoms with Gasteiger partial charge in [0.2, 0.25) is 0 Å². The van der Waals surface area contributed by atoms with Crippen LogP contribution in [0.1, 0.15) is 107 Å². The fraction of sp³-hybridized carbons (Fsp3) is 0.579. The molecule has 6 heteroatoms. The molecule has 2 aliphatic carbocycles. The minimum Gasteiger partial charge on any atom is -0.462 e. The van der Waals surface area contributed by atoms with E-state index >= 15 is 0 Å². The second-order valence-electron chi connectivity index (χ2n) is 12.9. The summed E-state index contributed by atoms with van der Waals surface area (Å²) in [4.78, 5) is 21.3. The van der Waals surface area contributed by atoms with Crippen molar-refractivity contribution in [3.63, 3.8) is 0 Å². The summed E-state index contributed by atoms with van der Waals surface area (Å²) in [5.74, 6) is 1.91. The average Bonchev–Trinajstić information content (AvgIpc) is 3.08. The number of unbranched alkanes of at least 4 members (excludes halogenated alkanes) is 2. The Balaban J connectivity index is 0.000000801. The zero-order valence-corrected chi connectivity index (χ0v) is 26.7. The Morgan fingerprint density at radius 3 is 1.89 bits per heavy atom. The van der Waals surface area contributed by atoms with Gasteiger partial charge in [-0.3, -0.25) is 4.79 Å². The summed E-state index contributed by atoms with van der Waals surface area (Å²) in [5, 5.41) is 29.6. The van der Waals surface area contributed by atoms with Crippen LogP contribution in [0.5, 0.6) is 0 Å². The Labute approximate surface area is 264 Å². The van der Waals surface area contributed by atoms with E-state index in [2.05, 4.69) is 56.5 Å². The van der Waals surface area contributed by atoms with Crippen LogP contribution in [-0.4, -0.2) is 54.0 Å². The van der Waals surface area contributed by atoms with E-state index < -0.39 is 12.6 Å². The maximum absolute atomic E-state index is 11.8. The molecule has 0 aromatic heterocycles. The van der Waals surface area contributed by atoms with Gasteiger partial charge in [0, 0.05) is 18.1 Å². The maximum atomic E-state index is 11.8. The fourth-order valence-corrected chi connectivity index (χ4v) is 6.91. The van der Waals surface area contributed by atoms with Gasteiger partial charge in [-0.2, -0.15) is 0 Å². The molecule has 242 valence electrons. The smallest absolute Gasteiger partial charge is 0.335 e. The second-order valence-corrected chi connectivity index (χ2v) is 12.9. The number of carbonyl (C=O) groups excluding carboxylic acids is 2. The highest BCUT2D eigenvalue weighted by molar-refractivity contribution is 5.88. The Bertz CT molecular complexity index is 1200. The minimum absolute atomic E-state index is 0.00697. The lowest BCUT2D eigenvalue weighted by molar-refractivity contribution is -0.142. The van der Waals surface area contributed by atoms with Crippen LogP contribution in [0.15, 0.2) is 60.7 Å². The first-order valence-corrected chi connectivity index (χ1v) is 16.7. The van der Waals surface area contributed by atoms with Gasteiger partial charge < -0.3 is 20.1 Å². The number of aliphatic hydroxyl groups excluding tert-OH is 3. The van der Waals surface area contributed by atoms with E-state index in [1.165, 1.54) is 73.3 Å². The number of aldehydes is 1. The molecule has 2 aromatic rings. The Morgan fingerprint density at radius 1 is 0.864 bits per heavy atom. The molecule has 6 nitrogen and oxygen atoms in total. The van der Waals surface area contributed by atoms with Gasteiger partial charge in [0.05, 0.1) is 25.4 Å². The van der Waals surface area contributed by atoms with Crippen molar-refractivity contribution >= 4 is 23.0 Å². The van der Waals surface area contributed by atoms with E-state index in [1.807, 2.05) is 0 Å². The quantitative estimate of drug-likeness (QED) is 0.0896. The van der Waals surface area contributed by atoms with Crippen LogP contribution in [0.4, 0.5) is 0 Å². The van der Waals surface area contributed by atoms with Crippen LogP contribution in [0.3, 0.4) is 0 Å². The van der Waals surface area contributed by atoms with E-state index in [1.54, 1.807) is 0 Å². The third-order valence-corrected chi connectivity index (χ3v) is 9.84. The number of rotatable bonds is 14. The standard InChI is InChI=1S/C34H48O4.C4H6O2/c1-3-4-5-6-25-7-9-26(10-8-25)29-15-17-32-20-30(16-18-31(32)19-29)27-11-13-28(14-12-27)33(22-36)23-38-34(37)24(2)21-35;1-4(2-5)3-6/h15-20,25-28,33,35-36H,2-14,21-23H2,1H3;2,6H,1,3H2. The lowest BCUT2D eigenvalue weighted by Gasteiger charge is -2.33. The predicted octanol–water partition coefficient (Wildman–Crippen LogP) is 7.40. The van der Waals surface area contributed by atoms with Crippen LogP contribution in [-0.2, 0) is 14.3 Å². The Morgan fingerprint density at radius 2 is 1.43 bits per heavy atom. The maximum Gasteiger partial charge on any atom is 0.335 e. The number of carbonyl (C=O) groups is 2. The van der Waals surface area contributed by atoms with E-state index in [-0.39, 0.29) is 36.9 Å². The van der Waals surface area contributed by atoms with Gasteiger partial charge in [0.25, 0.3) is 0 Å². The highest BCUT2D eigenvalue weighted by Crippen LogP contribution is 2.41. The van der Waals surface area contributed by atoms with Gasteiger partial charge in [-0.05, 0) is 96.9 Å². The summed E-state index contributed by atoms with van der Waals surface area (Å²) < 4.78 is 5.28. The lowest BCUT2D eigenvalue weighted by Crippen LogP contribution is -2.29. The topological polar surface area (TPSA) is 104 Å². The molecule has 0 amide bonds. The minimum atomic E-state index is -0.575. The molecule has 2 saturated carbocycles. The summed E-state index contributed by atoms with van der Waals surface area (Å²) in [5.41, 5.74) is 3.22. The van der Waals surface area contributed by atoms with Crippen molar-refractivity contribution in [1.82, 2.24) is 0 Å². The monoisotopic (exact) mass is 606 g/mol. The molecule has 4 rings (SSSR count). The van der Waals surface area contributed by atoms with Crippen molar-refractivity contribution in [2.75, 3.05) is 26.4 Å². The lowest BCUT2D eigenvalue weighted by atomic mass is 9.74. The average molecular weight is 607 g/mol. The molecular formula is C38H54O6. The molecule has 1 unspecified atom stereocenters. The Kier molecular flexibility index (Phi) is 15.3. The summed E-state index contributed by atoms with van der Waals surface area (Å²) in [7, 11) is 0. The van der Waals surface area contributed by atoms with Gasteiger partial charge in [-0.1, -0.05) is 82.2 Å². The van der Waals surface area contributed by atoms with Crippen molar-refractivity contribution < 1.29 is 29.6 Å². The highest BCUT2D eigenvalue weighted by Gasteiger charge is 2.29. The molecule has 0 spiro atoms. The molecule has 0 aliphatic heterocycles. The van der Waals surface area contributed by atoms with Gasteiger partial charge in [-0.15, -0.1) is 0 Å². The Hall–Kier alpha value is -2.80. The number of hydrogen-bond acceptors (Lipinski definition) is 6. The summed E-state index contributed by atoms with van der Waals surface area (Å²) in [6.07, 6.45) is 15.8. The number of aliphatic hydroxyl groups is 3. The van der Waals surface area contributed by atoms with Crippen molar-refractivity contribution in [3.05, 3.63) is 71.8 Å². The number of benzene rings is 2. The van der Waals surface area contributed by atoms with Crippen molar-refractivity contribution in [2.24, 2.45) is 17.8 Å². The number of ether oxygens (including phenoxy) is 1. The van der Waals surface area contributed by atoms with Crippen LogP contribution in [0.2, 0.25) is 0 Å². The molecule has 0 bridgehead atoms. The van der Waals surface area contributed by atoms with Gasteiger partial charge in [0.1, 0.15) is 6.29 Å². The van der Waals surface area contributed by atoms with Crippen molar-refractivity contribution in [3.8, 4) is 0 Å². The van der Waals surface area contributed by atoms with Crippen LogP contribution >= 0.6 is 0 Å². The first-order chi connectivity index (χ1) is 21.3. The van der Waals surface area contributed by atoms with Crippen molar-refractivity contribution in [2.45, 2.75) is 95.8 Å². The van der Waals surface area contributed by atoms with E-state index in [0.717, 1.165) is 37.5 Å². The predicted molar refractivity (Wildman–Crippen MR) is 178 cm³/mol. The molecule has 0 heterocycles. The molecular weight excluding hydrogens is 552 g/mol. The van der Waals surface area contributed by atoms with Crippen LogP contribution in [0, 0.1) is 17.8 Å². The molecule has 1 atom stereocenters. The molecule has 0 saturated heterocycles. The SMILES string of the molecule is C=C(C=O)CO.C=C(CO)C(=O)OCC(CO)C1CCC(c2ccc3cc(C4CCC(CCCCC)CC4)ccc3c2)CC1. The van der Waals surface area contributed by atoms with Crippen LogP contribution in [0.25, 0.3) is 10.8 Å². The highest BCUT2D eigenvalue weighted by atomic mass is 16.5. The zero-order valence-electron chi connectivity index (χ0n) is 26.7. The molecule has 2 fully saturated rings. The molecule has 2 aromatic carbocycles. The summed E-state index contributed by atoms with van der Waals surface area (Å²) >= 11 is 0. The largest absolute Gasteiger partial charge is 0.462 e. The first-order valence-electron chi connectivity index (χ1n) is 16.7. The first kappa shape index (κ1) is 35.7. The van der Waals surface area contributed by atoms with Gasteiger partial charge in [-0.25, -0.2) is 4.79 Å². The summed E-state index contributed by atoms with van der Waals surface area (Å²) in [6, 6.07) is 14.2. The van der Waals surface area contributed by atoms with Gasteiger partial charge >= 0.3 is 5.97 Å². The second kappa shape index (κ2) is 18.9. The van der Waals surface area contributed by atoms with Crippen LogP contribution < -0.4 is 0 Å². The third-order valence-electron chi connectivity index (χ3n) is 9.84. The van der Waals surface area contributed by atoms with E-state index in [9.17, 15) is 14.7 Å². The number of fused-ring (bicyclic) bond motifs is 1. The molecule has 0 radical (unpaired) electrons. The normalized spacial score (nSPS) is 22.4. The fourth-order valence-electron chi connectivity index (χ4n) is 6.91. The third kappa shape index (κ3) is 10.7. The van der Waals surface area contributed by atoms with E-state index in [4.69, 9.17) is 14.9 Å². The zero-order chi connectivity index (χ0) is 31.9.